The molecule has 0 aromatic heterocycles. The Bertz CT molecular complexity index is 602. The number of benzene rings is 1. The highest BCUT2D eigenvalue weighted by molar-refractivity contribution is 6.00. The van der Waals surface area contributed by atoms with Gasteiger partial charge in [0.05, 0.1) is 0 Å². The summed E-state index contributed by atoms with van der Waals surface area (Å²) in [6.07, 6.45) is 0. The summed E-state index contributed by atoms with van der Waals surface area (Å²) in [6.45, 7) is 12.9. The Hall–Kier alpha value is -2.04. The van der Waals surface area contributed by atoms with Crippen molar-refractivity contribution in [2.24, 2.45) is 0 Å². The maximum Gasteiger partial charge on any atom is 0.318 e. The number of urea groups is 1. The van der Waals surface area contributed by atoms with Crippen molar-refractivity contribution in [3.63, 3.8) is 0 Å². The van der Waals surface area contributed by atoms with Gasteiger partial charge in [-0.15, -0.1) is 0 Å². The fourth-order valence-electron chi connectivity index (χ4n) is 2.84. The molecule has 1 aliphatic rings. The molecule has 0 bridgehead atoms. The standard InChI is InChI=1S/C19H29N3O2/c1-13(2)15-7-9-16(10-8-15)22-12-11-21(14(3)17(22)23)18(24)20-19(4,5)6/h7-10,13-14H,11-12H2,1-6H3,(H,20,24)/t14-/m0/s1. The minimum atomic E-state index is -0.467. The van der Waals surface area contributed by atoms with E-state index in [0.717, 1.165) is 5.69 Å². The van der Waals surface area contributed by atoms with E-state index in [-0.39, 0.29) is 17.5 Å². The third-order valence-corrected chi connectivity index (χ3v) is 4.27. The summed E-state index contributed by atoms with van der Waals surface area (Å²) in [5, 5.41) is 2.93. The summed E-state index contributed by atoms with van der Waals surface area (Å²) >= 11 is 0. The van der Waals surface area contributed by atoms with Crippen molar-refractivity contribution in [3.8, 4) is 0 Å². The molecule has 1 heterocycles. The molecule has 5 heteroatoms. The van der Waals surface area contributed by atoms with Crippen molar-refractivity contribution in [2.45, 2.75) is 59.0 Å². The van der Waals surface area contributed by atoms with Gasteiger partial charge in [-0.1, -0.05) is 26.0 Å². The number of piperazine rings is 1. The molecule has 3 amide bonds. The van der Waals surface area contributed by atoms with Gasteiger partial charge >= 0.3 is 6.03 Å². The first-order chi connectivity index (χ1) is 11.1. The molecular formula is C19H29N3O2. The van der Waals surface area contributed by atoms with Gasteiger partial charge in [-0.25, -0.2) is 4.79 Å². The molecule has 0 saturated carbocycles. The van der Waals surface area contributed by atoms with E-state index >= 15 is 0 Å². The Morgan fingerprint density at radius 2 is 1.75 bits per heavy atom. The third kappa shape index (κ3) is 4.08. The van der Waals surface area contributed by atoms with Crippen LogP contribution in [-0.2, 0) is 4.79 Å². The quantitative estimate of drug-likeness (QED) is 0.903. The molecule has 2 rings (SSSR count). The molecule has 1 fully saturated rings. The Morgan fingerprint density at radius 1 is 1.17 bits per heavy atom. The molecule has 0 aliphatic carbocycles. The summed E-state index contributed by atoms with van der Waals surface area (Å²) in [5.74, 6) is 0.425. The van der Waals surface area contributed by atoms with Gasteiger partial charge in [-0.05, 0) is 51.3 Å². The van der Waals surface area contributed by atoms with Crippen molar-refractivity contribution >= 4 is 17.6 Å². The smallest absolute Gasteiger partial charge is 0.318 e. The number of carbonyl (C=O) groups excluding carboxylic acids is 2. The molecule has 1 saturated heterocycles. The maximum absolute atomic E-state index is 12.7. The minimum absolute atomic E-state index is 0.0393. The van der Waals surface area contributed by atoms with Crippen molar-refractivity contribution in [1.82, 2.24) is 10.2 Å². The van der Waals surface area contributed by atoms with Gasteiger partial charge in [0, 0.05) is 24.3 Å². The molecule has 1 atom stereocenters. The van der Waals surface area contributed by atoms with E-state index in [1.807, 2.05) is 32.9 Å². The fourth-order valence-corrected chi connectivity index (χ4v) is 2.84. The fraction of sp³-hybridized carbons (Fsp3) is 0.579. The van der Waals surface area contributed by atoms with Crippen LogP contribution in [0.2, 0.25) is 0 Å². The number of nitrogens with zero attached hydrogens (tertiary/aromatic N) is 2. The lowest BCUT2D eigenvalue weighted by atomic mass is 10.0. The topological polar surface area (TPSA) is 52.6 Å². The van der Waals surface area contributed by atoms with Crippen molar-refractivity contribution in [1.29, 1.82) is 0 Å². The molecule has 0 spiro atoms. The highest BCUT2D eigenvalue weighted by atomic mass is 16.2. The zero-order valence-corrected chi connectivity index (χ0v) is 15.6. The van der Waals surface area contributed by atoms with Crippen molar-refractivity contribution in [2.75, 3.05) is 18.0 Å². The highest BCUT2D eigenvalue weighted by Crippen LogP contribution is 2.23. The molecule has 1 aromatic carbocycles. The first kappa shape index (κ1) is 18.3. The number of amides is 3. The van der Waals surface area contributed by atoms with Crippen LogP contribution in [0.15, 0.2) is 24.3 Å². The monoisotopic (exact) mass is 331 g/mol. The number of nitrogens with one attached hydrogen (secondary N) is 1. The second-order valence-electron chi connectivity index (χ2n) is 7.79. The predicted octanol–water partition coefficient (Wildman–Crippen LogP) is 3.36. The predicted molar refractivity (Wildman–Crippen MR) is 97.3 cm³/mol. The summed E-state index contributed by atoms with van der Waals surface area (Å²) in [4.78, 5) is 28.5. The van der Waals surface area contributed by atoms with E-state index in [4.69, 9.17) is 0 Å². The van der Waals surface area contributed by atoms with Crippen molar-refractivity contribution < 1.29 is 9.59 Å². The van der Waals surface area contributed by atoms with Crippen LogP contribution >= 0.6 is 0 Å². The van der Waals surface area contributed by atoms with Crippen LogP contribution in [0.1, 0.15) is 53.0 Å². The summed E-state index contributed by atoms with van der Waals surface area (Å²) in [6, 6.07) is 7.46. The Kier molecular flexibility index (Phi) is 5.21. The number of rotatable bonds is 2. The molecule has 1 aromatic rings. The number of anilines is 1. The Balaban J connectivity index is 2.10. The lowest BCUT2D eigenvalue weighted by Crippen LogP contribution is -2.61. The largest absolute Gasteiger partial charge is 0.333 e. The second-order valence-corrected chi connectivity index (χ2v) is 7.79. The molecule has 1 N–H and O–H groups in total. The molecule has 5 nitrogen and oxygen atoms in total. The van der Waals surface area contributed by atoms with Gasteiger partial charge in [0.2, 0.25) is 5.91 Å². The lowest BCUT2D eigenvalue weighted by molar-refractivity contribution is -0.124. The van der Waals surface area contributed by atoms with Crippen LogP contribution in [0.25, 0.3) is 0 Å². The van der Waals surface area contributed by atoms with Gasteiger partial charge in [0.1, 0.15) is 6.04 Å². The minimum Gasteiger partial charge on any atom is -0.333 e. The van der Waals surface area contributed by atoms with Gasteiger partial charge in [0.15, 0.2) is 0 Å². The summed E-state index contributed by atoms with van der Waals surface area (Å²) in [5.41, 5.74) is 1.83. The van der Waals surface area contributed by atoms with E-state index in [2.05, 4.69) is 31.3 Å². The summed E-state index contributed by atoms with van der Waals surface area (Å²) < 4.78 is 0. The zero-order valence-electron chi connectivity index (χ0n) is 15.6. The highest BCUT2D eigenvalue weighted by Gasteiger charge is 2.35. The average molecular weight is 331 g/mol. The number of hydrogen-bond donors (Lipinski definition) is 1. The zero-order chi connectivity index (χ0) is 18.1. The first-order valence-corrected chi connectivity index (χ1v) is 8.60. The maximum atomic E-state index is 12.7. The van der Waals surface area contributed by atoms with Gasteiger partial charge < -0.3 is 15.1 Å². The third-order valence-electron chi connectivity index (χ3n) is 4.27. The number of carbonyl (C=O) groups is 2. The van der Waals surface area contributed by atoms with E-state index < -0.39 is 6.04 Å². The van der Waals surface area contributed by atoms with Crippen LogP contribution in [-0.4, -0.2) is 41.5 Å². The molecule has 0 radical (unpaired) electrons. The molecule has 24 heavy (non-hydrogen) atoms. The molecule has 132 valence electrons. The normalized spacial score (nSPS) is 19.0. The summed E-state index contributed by atoms with van der Waals surface area (Å²) in [7, 11) is 0. The molecule has 1 aliphatic heterocycles. The van der Waals surface area contributed by atoms with E-state index in [1.54, 1.807) is 16.7 Å². The van der Waals surface area contributed by atoms with Crippen LogP contribution in [0.5, 0.6) is 0 Å². The van der Waals surface area contributed by atoms with Crippen LogP contribution < -0.4 is 10.2 Å². The molecular weight excluding hydrogens is 302 g/mol. The van der Waals surface area contributed by atoms with Crippen molar-refractivity contribution in [3.05, 3.63) is 29.8 Å². The van der Waals surface area contributed by atoms with E-state index in [0.29, 0.717) is 19.0 Å². The Labute approximate surface area is 145 Å². The van der Waals surface area contributed by atoms with Crippen LogP contribution in [0.3, 0.4) is 0 Å². The SMILES string of the molecule is CC(C)c1ccc(N2CCN(C(=O)NC(C)(C)C)[C@@H](C)C2=O)cc1. The van der Waals surface area contributed by atoms with Gasteiger partial charge in [0.25, 0.3) is 0 Å². The van der Waals surface area contributed by atoms with Gasteiger partial charge in [-0.3, -0.25) is 4.79 Å². The average Bonchev–Trinajstić information content (AvgIpc) is 2.48. The van der Waals surface area contributed by atoms with Gasteiger partial charge in [-0.2, -0.15) is 0 Å². The number of hydrogen-bond acceptors (Lipinski definition) is 2. The lowest BCUT2D eigenvalue weighted by Gasteiger charge is -2.40. The van der Waals surface area contributed by atoms with E-state index in [9.17, 15) is 9.59 Å². The van der Waals surface area contributed by atoms with Crippen LogP contribution in [0, 0.1) is 0 Å². The first-order valence-electron chi connectivity index (χ1n) is 8.60. The Morgan fingerprint density at radius 3 is 2.25 bits per heavy atom. The van der Waals surface area contributed by atoms with E-state index in [1.165, 1.54) is 5.56 Å². The second kappa shape index (κ2) is 6.83. The van der Waals surface area contributed by atoms with Crippen LogP contribution in [0.4, 0.5) is 10.5 Å². The molecule has 0 unspecified atom stereocenters.